The Morgan fingerprint density at radius 3 is 2.61 bits per heavy atom. The molecular weight excluding hydrogens is 582 g/mol. The molecule has 2 saturated carbocycles. The quantitative estimate of drug-likeness (QED) is 0.122. The zero-order valence-corrected chi connectivity index (χ0v) is 28.7. The van der Waals surface area contributed by atoms with Crippen LogP contribution in [0.2, 0.25) is 0 Å². The lowest BCUT2D eigenvalue weighted by Gasteiger charge is -2.40. The maximum Gasteiger partial charge on any atom is 0.302 e. The molecule has 3 fully saturated rings. The van der Waals surface area contributed by atoms with Crippen molar-refractivity contribution in [1.82, 2.24) is 5.32 Å². The fraction of sp³-hybridized carbons (Fsp3) is 0.838. The molecule has 0 aromatic carbocycles. The van der Waals surface area contributed by atoms with Gasteiger partial charge in [-0.1, -0.05) is 19.8 Å². The standard InChI is InChI=1S/C37H62N3O6/c1-4-25(9-12-33(46-24(2)41)21-32(43)11-8-26-10-13-35(44)36(17-26)45-3)16-29-22-39-23-30(29)19-34(27-6-5-7-31(42)18-27)28-14-15-40-37(38)20-28/h22-23,25-28,31,33-37,40,42,44H,4-21,38H2,1-3H3/q+1/t25-,26?,27?,28?,31?,33-,34-,35?,36?,37?/m1/s1. The van der Waals surface area contributed by atoms with Gasteiger partial charge in [-0.3, -0.25) is 9.59 Å². The van der Waals surface area contributed by atoms with Gasteiger partial charge in [-0.05, 0) is 107 Å². The lowest BCUT2D eigenvalue weighted by molar-refractivity contribution is -0.148. The van der Waals surface area contributed by atoms with Crippen molar-refractivity contribution in [2.45, 2.75) is 154 Å². The number of hydrogen-bond donors (Lipinski definition) is 4. The summed E-state index contributed by atoms with van der Waals surface area (Å²) >= 11 is 0. The molecular formula is C37H62N3O6+. The summed E-state index contributed by atoms with van der Waals surface area (Å²) in [7, 11) is 1.63. The number of Topliss-reactive ketones (excluding diaryl/α,β-unsaturated/α-hetero) is 1. The molecule has 46 heavy (non-hydrogen) atoms. The van der Waals surface area contributed by atoms with Crippen molar-refractivity contribution < 1.29 is 29.3 Å². The molecule has 9 nitrogen and oxygen atoms in total. The number of piperidine rings is 1. The second kappa shape index (κ2) is 18.7. The van der Waals surface area contributed by atoms with Gasteiger partial charge in [0, 0.05) is 39.7 Å². The monoisotopic (exact) mass is 644 g/mol. The van der Waals surface area contributed by atoms with Gasteiger partial charge in [0.25, 0.3) is 0 Å². The largest absolute Gasteiger partial charge is 0.462 e. The Bertz CT molecular complexity index is 1010. The zero-order chi connectivity index (χ0) is 33.1. The molecule has 0 aromatic heterocycles. The van der Waals surface area contributed by atoms with Crippen LogP contribution in [0.5, 0.6) is 0 Å². The summed E-state index contributed by atoms with van der Waals surface area (Å²) < 4.78 is 11.1. The number of aliphatic imine (C=N–C) groups is 1. The van der Waals surface area contributed by atoms with E-state index in [0.717, 1.165) is 83.6 Å². The molecule has 2 aliphatic carbocycles. The maximum absolute atomic E-state index is 13.0. The van der Waals surface area contributed by atoms with Crippen molar-refractivity contribution in [3.05, 3.63) is 17.7 Å². The summed E-state index contributed by atoms with van der Waals surface area (Å²) in [6.45, 7) is 6.64. The lowest BCUT2D eigenvalue weighted by atomic mass is 9.68. The molecule has 2 aliphatic heterocycles. The Morgan fingerprint density at radius 1 is 1.09 bits per heavy atom. The van der Waals surface area contributed by atoms with Gasteiger partial charge in [-0.15, -0.1) is 4.99 Å². The SMILES string of the molecule is CC[C@H](CC[C@H](CC(=O)CCC1CCC(O)C(OC)C1)OC(C)=O)CC1=C(C[C@H](C2CCCC(O)C2)C2CCNC(N)C2)[CH+]N=C1. The fourth-order valence-corrected chi connectivity index (χ4v) is 8.74. The van der Waals surface area contributed by atoms with E-state index in [0.29, 0.717) is 48.9 Å². The van der Waals surface area contributed by atoms with Crippen molar-refractivity contribution >= 4 is 18.0 Å². The van der Waals surface area contributed by atoms with E-state index in [-0.39, 0.29) is 36.5 Å². The topological polar surface area (TPSA) is 143 Å². The Balaban J connectivity index is 1.33. The molecule has 0 spiro atoms. The molecule has 10 atom stereocenters. The Morgan fingerprint density at radius 2 is 1.89 bits per heavy atom. The van der Waals surface area contributed by atoms with Crippen molar-refractivity contribution in [3.63, 3.8) is 0 Å². The van der Waals surface area contributed by atoms with Gasteiger partial charge in [-0.25, -0.2) is 0 Å². The number of allylic oxidation sites excluding steroid dienone is 1. The van der Waals surface area contributed by atoms with Crippen LogP contribution in [0.4, 0.5) is 0 Å². The van der Waals surface area contributed by atoms with Crippen LogP contribution in [0.1, 0.15) is 123 Å². The van der Waals surface area contributed by atoms with Crippen LogP contribution in [-0.4, -0.2) is 72.4 Å². The van der Waals surface area contributed by atoms with E-state index in [2.05, 4.69) is 23.8 Å². The van der Waals surface area contributed by atoms with Crippen LogP contribution < -0.4 is 11.1 Å². The van der Waals surface area contributed by atoms with Crippen molar-refractivity contribution in [3.8, 4) is 0 Å². The Kier molecular flexibility index (Phi) is 15.0. The summed E-state index contributed by atoms with van der Waals surface area (Å²) in [4.78, 5) is 29.6. The minimum absolute atomic E-state index is 0.0397. The number of rotatable bonds is 17. The molecule has 4 rings (SSSR count). The number of ether oxygens (including phenoxy) is 2. The maximum atomic E-state index is 13.0. The third kappa shape index (κ3) is 11.4. The van der Waals surface area contributed by atoms with E-state index in [1.807, 2.05) is 6.21 Å². The number of esters is 1. The van der Waals surface area contributed by atoms with E-state index >= 15 is 0 Å². The second-order valence-corrected chi connectivity index (χ2v) is 14.8. The van der Waals surface area contributed by atoms with E-state index < -0.39 is 12.2 Å². The normalized spacial score (nSPS) is 32.1. The Labute approximate surface area is 277 Å². The van der Waals surface area contributed by atoms with Crippen LogP contribution in [0.15, 0.2) is 16.1 Å². The van der Waals surface area contributed by atoms with Crippen molar-refractivity contribution in [1.29, 1.82) is 0 Å². The van der Waals surface area contributed by atoms with Crippen LogP contribution >= 0.6 is 0 Å². The molecule has 0 bridgehead atoms. The number of aliphatic hydroxyl groups is 2. The number of hydrogen-bond acceptors (Lipinski definition) is 9. The number of aliphatic hydroxyl groups excluding tert-OH is 2. The fourth-order valence-electron chi connectivity index (χ4n) is 8.74. The van der Waals surface area contributed by atoms with Crippen LogP contribution in [0, 0.1) is 36.1 Å². The summed E-state index contributed by atoms with van der Waals surface area (Å²) in [5.74, 6) is 2.12. The Hall–Kier alpha value is -1.78. The van der Waals surface area contributed by atoms with E-state index in [1.165, 1.54) is 24.5 Å². The highest BCUT2D eigenvalue weighted by Gasteiger charge is 2.38. The van der Waals surface area contributed by atoms with Gasteiger partial charge in [0.15, 0.2) is 6.21 Å². The van der Waals surface area contributed by atoms with Gasteiger partial charge in [0.2, 0.25) is 0 Å². The third-order valence-corrected chi connectivity index (χ3v) is 11.5. The molecule has 0 aromatic rings. The number of carbonyl (C=O) groups excluding carboxylic acids is 2. The first kappa shape index (κ1) is 37.0. The van der Waals surface area contributed by atoms with Crippen LogP contribution in [0.25, 0.3) is 0 Å². The average molecular weight is 645 g/mol. The summed E-state index contributed by atoms with van der Waals surface area (Å²) in [6, 6.07) is 0. The summed E-state index contributed by atoms with van der Waals surface area (Å²) in [6.07, 6.45) is 15.4. The average Bonchev–Trinajstić information content (AvgIpc) is 3.47. The van der Waals surface area contributed by atoms with E-state index in [1.54, 1.807) is 7.11 Å². The van der Waals surface area contributed by atoms with Crippen LogP contribution in [-0.2, 0) is 19.1 Å². The second-order valence-electron chi connectivity index (χ2n) is 14.8. The van der Waals surface area contributed by atoms with Gasteiger partial charge in [0.05, 0.1) is 30.1 Å². The van der Waals surface area contributed by atoms with E-state index in [4.69, 9.17) is 15.2 Å². The molecule has 9 heteroatoms. The smallest absolute Gasteiger partial charge is 0.302 e. The first-order valence-corrected chi connectivity index (χ1v) is 18.3. The minimum atomic E-state index is -0.419. The predicted molar refractivity (Wildman–Crippen MR) is 181 cm³/mol. The molecule has 0 amide bonds. The minimum Gasteiger partial charge on any atom is -0.462 e. The van der Waals surface area contributed by atoms with Crippen molar-refractivity contribution in [2.75, 3.05) is 13.7 Å². The van der Waals surface area contributed by atoms with Gasteiger partial charge in [0.1, 0.15) is 24.0 Å². The number of methoxy groups -OCH3 is 1. The third-order valence-electron chi connectivity index (χ3n) is 11.5. The summed E-state index contributed by atoms with van der Waals surface area (Å²) in [5.41, 5.74) is 8.98. The molecule has 7 unspecified atom stereocenters. The first-order chi connectivity index (χ1) is 22.1. The first-order valence-electron chi connectivity index (χ1n) is 18.3. The summed E-state index contributed by atoms with van der Waals surface area (Å²) in [5, 5.41) is 24.0. The number of nitrogens with one attached hydrogen (secondary N) is 1. The molecule has 260 valence electrons. The van der Waals surface area contributed by atoms with Gasteiger partial charge < -0.3 is 30.7 Å². The lowest BCUT2D eigenvalue weighted by Crippen LogP contribution is -2.47. The highest BCUT2D eigenvalue weighted by molar-refractivity contribution is 5.84. The number of carbonyl (C=O) groups is 2. The molecule has 1 saturated heterocycles. The number of ketones is 1. The van der Waals surface area contributed by atoms with Gasteiger partial charge in [-0.2, -0.15) is 0 Å². The molecule has 5 N–H and O–H groups in total. The van der Waals surface area contributed by atoms with E-state index in [9.17, 15) is 19.8 Å². The highest BCUT2D eigenvalue weighted by Crippen LogP contribution is 2.43. The molecule has 4 aliphatic rings. The number of nitrogens with zero attached hydrogens (tertiary/aromatic N) is 1. The van der Waals surface area contributed by atoms with Crippen molar-refractivity contribution in [2.24, 2.45) is 40.3 Å². The van der Waals surface area contributed by atoms with Gasteiger partial charge >= 0.3 is 5.97 Å². The molecule has 2 heterocycles. The predicted octanol–water partition coefficient (Wildman–Crippen LogP) is 5.41. The highest BCUT2D eigenvalue weighted by atomic mass is 16.5. The van der Waals surface area contributed by atoms with Crippen LogP contribution in [0.3, 0.4) is 0 Å². The zero-order valence-electron chi connectivity index (χ0n) is 28.7. The number of nitrogens with two attached hydrogens (primary N) is 1. The molecule has 0 radical (unpaired) electrons.